The van der Waals surface area contributed by atoms with Crippen molar-refractivity contribution in [1.29, 1.82) is 0 Å². The third-order valence-electron chi connectivity index (χ3n) is 2.51. The average Bonchev–Trinajstić information content (AvgIpc) is 2.61. The third-order valence-corrected chi connectivity index (χ3v) is 2.83. The van der Waals surface area contributed by atoms with Crippen molar-refractivity contribution in [3.8, 4) is 5.69 Å². The van der Waals surface area contributed by atoms with Crippen LogP contribution < -0.4 is 5.73 Å². The van der Waals surface area contributed by atoms with E-state index in [9.17, 15) is 0 Å². The van der Waals surface area contributed by atoms with Crippen molar-refractivity contribution in [2.24, 2.45) is 5.73 Å². The summed E-state index contributed by atoms with van der Waals surface area (Å²) in [4.78, 5) is 0. The minimum Gasteiger partial charge on any atom is -0.330 e. The summed E-state index contributed by atoms with van der Waals surface area (Å²) in [5.74, 6) is 0. The summed E-state index contributed by atoms with van der Waals surface area (Å²) in [6.07, 6.45) is 2.83. The number of nitrogens with zero attached hydrogens (tertiary/aromatic N) is 2. The Hall–Kier alpha value is -1.32. The Kier molecular flexibility index (Phi) is 3.27. The maximum atomic E-state index is 6.11. The Bertz CT molecular complexity index is 491. The van der Waals surface area contributed by atoms with Crippen molar-refractivity contribution >= 4 is 11.6 Å². The van der Waals surface area contributed by atoms with Gasteiger partial charge in [0.1, 0.15) is 0 Å². The summed E-state index contributed by atoms with van der Waals surface area (Å²) >= 11 is 6.11. The number of para-hydroxylation sites is 1. The second-order valence-corrected chi connectivity index (χ2v) is 4.08. The maximum absolute atomic E-state index is 6.11. The Morgan fingerprint density at radius 3 is 2.81 bits per heavy atom. The number of aromatic nitrogens is 2. The van der Waals surface area contributed by atoms with Crippen LogP contribution in [0.2, 0.25) is 5.02 Å². The normalized spacial score (nSPS) is 10.7. The Labute approximate surface area is 99.8 Å². The molecular weight excluding hydrogens is 222 g/mol. The number of halogens is 1. The highest BCUT2D eigenvalue weighted by atomic mass is 35.5. The lowest BCUT2D eigenvalue weighted by molar-refractivity contribution is 0.863. The fraction of sp³-hybridized carbons (Fsp3) is 0.250. The van der Waals surface area contributed by atoms with Crippen molar-refractivity contribution in [2.45, 2.75) is 13.3 Å². The topological polar surface area (TPSA) is 43.8 Å². The summed E-state index contributed by atoms with van der Waals surface area (Å²) in [6.45, 7) is 2.62. The summed E-state index contributed by atoms with van der Waals surface area (Å²) in [5.41, 5.74) is 8.62. The predicted molar refractivity (Wildman–Crippen MR) is 66.1 cm³/mol. The van der Waals surface area contributed by atoms with Crippen LogP contribution in [0.3, 0.4) is 0 Å². The minimum absolute atomic E-state index is 0.634. The zero-order chi connectivity index (χ0) is 11.5. The van der Waals surface area contributed by atoms with Crippen LogP contribution in [0.5, 0.6) is 0 Å². The minimum atomic E-state index is 0.634. The molecule has 0 spiro atoms. The molecule has 0 atom stereocenters. The van der Waals surface area contributed by atoms with E-state index >= 15 is 0 Å². The van der Waals surface area contributed by atoms with E-state index in [0.717, 1.165) is 17.8 Å². The maximum Gasteiger partial charge on any atom is 0.0831 e. The standard InChI is InChI=1S/C12H14ClN3/c1-9-10(6-7-14)8-16(15-9)12-5-3-2-4-11(12)13/h2-5,8H,6-7,14H2,1H3. The van der Waals surface area contributed by atoms with Gasteiger partial charge >= 0.3 is 0 Å². The molecule has 84 valence electrons. The number of hydrogen-bond donors (Lipinski definition) is 1. The molecule has 3 nitrogen and oxygen atoms in total. The first-order chi connectivity index (χ1) is 7.72. The molecular formula is C12H14ClN3. The van der Waals surface area contributed by atoms with E-state index in [2.05, 4.69) is 5.10 Å². The van der Waals surface area contributed by atoms with Crippen molar-refractivity contribution in [1.82, 2.24) is 9.78 Å². The van der Waals surface area contributed by atoms with Crippen LogP contribution in [0.4, 0.5) is 0 Å². The second kappa shape index (κ2) is 4.68. The van der Waals surface area contributed by atoms with Gasteiger partial charge in [0.05, 0.1) is 16.4 Å². The molecule has 0 aliphatic heterocycles. The van der Waals surface area contributed by atoms with Gasteiger partial charge < -0.3 is 5.73 Å². The molecule has 16 heavy (non-hydrogen) atoms. The highest BCUT2D eigenvalue weighted by Crippen LogP contribution is 2.20. The van der Waals surface area contributed by atoms with Crippen LogP contribution in [-0.2, 0) is 6.42 Å². The molecule has 2 N–H and O–H groups in total. The average molecular weight is 236 g/mol. The first-order valence-electron chi connectivity index (χ1n) is 5.22. The zero-order valence-corrected chi connectivity index (χ0v) is 9.91. The molecule has 1 heterocycles. The number of rotatable bonds is 3. The Balaban J connectivity index is 2.42. The molecule has 2 rings (SSSR count). The quantitative estimate of drug-likeness (QED) is 0.888. The molecule has 0 radical (unpaired) electrons. The molecule has 2 aromatic rings. The van der Waals surface area contributed by atoms with E-state index in [-0.39, 0.29) is 0 Å². The van der Waals surface area contributed by atoms with Crippen molar-refractivity contribution in [3.05, 3.63) is 46.7 Å². The summed E-state index contributed by atoms with van der Waals surface area (Å²) in [5, 5.41) is 5.14. The van der Waals surface area contributed by atoms with Gasteiger partial charge in [0.15, 0.2) is 0 Å². The predicted octanol–water partition coefficient (Wildman–Crippen LogP) is 2.34. The molecule has 0 aliphatic rings. The summed E-state index contributed by atoms with van der Waals surface area (Å²) in [6, 6.07) is 7.65. The molecule has 0 aliphatic carbocycles. The van der Waals surface area contributed by atoms with Crippen molar-refractivity contribution < 1.29 is 0 Å². The van der Waals surface area contributed by atoms with Gasteiger partial charge in [-0.15, -0.1) is 0 Å². The number of nitrogens with two attached hydrogens (primary N) is 1. The van der Waals surface area contributed by atoms with E-state index in [1.807, 2.05) is 42.1 Å². The van der Waals surface area contributed by atoms with Gasteiger partial charge in [0.2, 0.25) is 0 Å². The lowest BCUT2D eigenvalue weighted by atomic mass is 10.2. The lowest BCUT2D eigenvalue weighted by Crippen LogP contribution is -2.02. The number of aryl methyl sites for hydroxylation is 1. The molecule has 4 heteroatoms. The van der Waals surface area contributed by atoms with Gasteiger partial charge in [0.25, 0.3) is 0 Å². The number of hydrogen-bond acceptors (Lipinski definition) is 2. The Morgan fingerprint density at radius 1 is 1.38 bits per heavy atom. The number of benzene rings is 1. The van der Waals surface area contributed by atoms with Crippen LogP contribution in [0.15, 0.2) is 30.5 Å². The Morgan fingerprint density at radius 2 is 2.12 bits per heavy atom. The van der Waals surface area contributed by atoms with Crippen LogP contribution in [-0.4, -0.2) is 16.3 Å². The van der Waals surface area contributed by atoms with Gasteiger partial charge in [-0.05, 0) is 37.6 Å². The van der Waals surface area contributed by atoms with Gasteiger partial charge in [-0.3, -0.25) is 0 Å². The smallest absolute Gasteiger partial charge is 0.0831 e. The van der Waals surface area contributed by atoms with Gasteiger partial charge in [0, 0.05) is 6.20 Å². The second-order valence-electron chi connectivity index (χ2n) is 3.67. The highest BCUT2D eigenvalue weighted by molar-refractivity contribution is 6.32. The lowest BCUT2D eigenvalue weighted by Gasteiger charge is -2.02. The molecule has 0 saturated heterocycles. The fourth-order valence-electron chi connectivity index (χ4n) is 1.66. The molecule has 0 amide bonds. The van der Waals surface area contributed by atoms with E-state index < -0.39 is 0 Å². The largest absolute Gasteiger partial charge is 0.330 e. The van der Waals surface area contributed by atoms with Gasteiger partial charge in [-0.1, -0.05) is 23.7 Å². The third kappa shape index (κ3) is 2.10. The first-order valence-corrected chi connectivity index (χ1v) is 5.60. The van der Waals surface area contributed by atoms with Crippen LogP contribution in [0, 0.1) is 6.92 Å². The molecule has 1 aromatic heterocycles. The molecule has 0 unspecified atom stereocenters. The molecule has 0 bridgehead atoms. The van der Waals surface area contributed by atoms with E-state index in [1.54, 1.807) is 0 Å². The van der Waals surface area contributed by atoms with E-state index in [1.165, 1.54) is 5.56 Å². The molecule has 0 saturated carbocycles. The van der Waals surface area contributed by atoms with Crippen molar-refractivity contribution in [2.75, 3.05) is 6.54 Å². The summed E-state index contributed by atoms with van der Waals surface area (Å²) in [7, 11) is 0. The molecule has 0 fully saturated rings. The summed E-state index contributed by atoms with van der Waals surface area (Å²) < 4.78 is 1.81. The van der Waals surface area contributed by atoms with Crippen LogP contribution >= 0.6 is 11.6 Å². The SMILES string of the molecule is Cc1nn(-c2ccccc2Cl)cc1CCN. The fourth-order valence-corrected chi connectivity index (χ4v) is 1.88. The zero-order valence-electron chi connectivity index (χ0n) is 9.15. The van der Waals surface area contributed by atoms with Crippen LogP contribution in [0.1, 0.15) is 11.3 Å². The molecule has 1 aromatic carbocycles. The first kappa shape index (κ1) is 11.2. The van der Waals surface area contributed by atoms with E-state index in [0.29, 0.717) is 11.6 Å². The monoisotopic (exact) mass is 235 g/mol. The van der Waals surface area contributed by atoms with Gasteiger partial charge in [-0.2, -0.15) is 5.10 Å². The van der Waals surface area contributed by atoms with Crippen molar-refractivity contribution in [3.63, 3.8) is 0 Å². The van der Waals surface area contributed by atoms with Crippen LogP contribution in [0.25, 0.3) is 5.69 Å². The highest BCUT2D eigenvalue weighted by Gasteiger charge is 2.07. The van der Waals surface area contributed by atoms with E-state index in [4.69, 9.17) is 17.3 Å². The van der Waals surface area contributed by atoms with Gasteiger partial charge in [-0.25, -0.2) is 4.68 Å².